The third-order valence-corrected chi connectivity index (χ3v) is 2.04. The number of ketones is 1. The standard InChI is InChI=1S/C11H6F6O2/c12-10(13,14)7-4-2-1-3-6(7)8(18)5-9(19)11(15,16)17/h1-5,18H/p-1/b8-5-. The van der Waals surface area contributed by atoms with Crippen LogP contribution in [0, 0.1) is 0 Å². The van der Waals surface area contributed by atoms with Crippen LogP contribution >= 0.6 is 0 Å². The van der Waals surface area contributed by atoms with E-state index < -0.39 is 41.1 Å². The molecule has 104 valence electrons. The van der Waals surface area contributed by atoms with Crippen molar-refractivity contribution < 1.29 is 36.2 Å². The zero-order chi connectivity index (χ0) is 14.8. The summed E-state index contributed by atoms with van der Waals surface area (Å²) in [4.78, 5) is 10.5. The number of benzene rings is 1. The predicted molar refractivity (Wildman–Crippen MR) is 50.5 cm³/mol. The molecular formula is C11H5F6O2-. The summed E-state index contributed by atoms with van der Waals surface area (Å²) in [6, 6.07) is 3.27. The van der Waals surface area contributed by atoms with Crippen LogP contribution in [0.4, 0.5) is 26.3 Å². The third-order valence-electron chi connectivity index (χ3n) is 2.04. The van der Waals surface area contributed by atoms with E-state index in [0.29, 0.717) is 12.1 Å². The summed E-state index contributed by atoms with van der Waals surface area (Å²) in [7, 11) is 0. The minimum atomic E-state index is -5.30. The maximum atomic E-state index is 12.5. The van der Waals surface area contributed by atoms with Gasteiger partial charge in [0.25, 0.3) is 5.78 Å². The minimum absolute atomic E-state index is 0.398. The molecule has 0 N–H and O–H groups in total. The monoisotopic (exact) mass is 283 g/mol. The Kier molecular flexibility index (Phi) is 3.92. The van der Waals surface area contributed by atoms with Crippen molar-refractivity contribution in [3.8, 4) is 0 Å². The van der Waals surface area contributed by atoms with Gasteiger partial charge < -0.3 is 5.11 Å². The molecule has 0 aliphatic rings. The maximum Gasteiger partial charge on any atom is 0.454 e. The lowest BCUT2D eigenvalue weighted by Gasteiger charge is -2.18. The van der Waals surface area contributed by atoms with Crippen molar-refractivity contribution in [3.63, 3.8) is 0 Å². The zero-order valence-corrected chi connectivity index (χ0v) is 8.97. The highest BCUT2D eigenvalue weighted by Crippen LogP contribution is 2.33. The SMILES string of the molecule is O=C(/C=C(\[O-])c1ccccc1C(F)(F)F)C(F)(F)F. The van der Waals surface area contributed by atoms with Gasteiger partial charge in [0, 0.05) is 0 Å². The summed E-state index contributed by atoms with van der Waals surface area (Å²) in [5.74, 6) is -4.15. The average Bonchev–Trinajstić information content (AvgIpc) is 2.26. The van der Waals surface area contributed by atoms with Gasteiger partial charge in [0.2, 0.25) is 0 Å². The van der Waals surface area contributed by atoms with Gasteiger partial charge >= 0.3 is 12.4 Å². The smallest absolute Gasteiger partial charge is 0.454 e. The highest BCUT2D eigenvalue weighted by molar-refractivity contribution is 5.99. The molecule has 0 atom stereocenters. The van der Waals surface area contributed by atoms with E-state index in [1.54, 1.807) is 0 Å². The Labute approximate surface area is 103 Å². The van der Waals surface area contributed by atoms with E-state index >= 15 is 0 Å². The van der Waals surface area contributed by atoms with Gasteiger partial charge in [-0.05, 0) is 17.7 Å². The number of hydrogen-bond donors (Lipinski definition) is 0. The van der Waals surface area contributed by atoms with Crippen LogP contribution in [0.1, 0.15) is 11.1 Å². The summed E-state index contributed by atoms with van der Waals surface area (Å²) < 4.78 is 73.2. The fraction of sp³-hybridized carbons (Fsp3) is 0.182. The molecule has 19 heavy (non-hydrogen) atoms. The molecule has 0 fully saturated rings. The van der Waals surface area contributed by atoms with Crippen molar-refractivity contribution >= 4 is 11.5 Å². The lowest BCUT2D eigenvalue weighted by Crippen LogP contribution is -2.22. The molecule has 0 aliphatic heterocycles. The molecule has 0 aromatic heterocycles. The van der Waals surface area contributed by atoms with Gasteiger partial charge in [-0.25, -0.2) is 0 Å². The summed E-state index contributed by atoms with van der Waals surface area (Å²) in [6.45, 7) is 0. The van der Waals surface area contributed by atoms with Gasteiger partial charge in [-0.2, -0.15) is 26.3 Å². The molecule has 2 nitrogen and oxygen atoms in total. The second-order valence-electron chi connectivity index (χ2n) is 3.41. The third kappa shape index (κ3) is 3.73. The largest absolute Gasteiger partial charge is 0.872 e. The molecular weight excluding hydrogens is 278 g/mol. The molecule has 0 spiro atoms. The topological polar surface area (TPSA) is 40.1 Å². The Bertz CT molecular complexity index is 513. The van der Waals surface area contributed by atoms with Crippen LogP contribution in [0.3, 0.4) is 0 Å². The fourth-order valence-corrected chi connectivity index (χ4v) is 1.22. The maximum absolute atomic E-state index is 12.5. The number of rotatable bonds is 2. The molecule has 0 aliphatic carbocycles. The van der Waals surface area contributed by atoms with Gasteiger partial charge in [-0.1, -0.05) is 24.0 Å². The molecule has 1 aromatic rings. The van der Waals surface area contributed by atoms with Gasteiger partial charge in [0.05, 0.1) is 5.56 Å². The van der Waals surface area contributed by atoms with E-state index in [1.165, 1.54) is 0 Å². The van der Waals surface area contributed by atoms with Crippen LogP contribution < -0.4 is 5.11 Å². The number of allylic oxidation sites excluding steroid dienone is 1. The van der Waals surface area contributed by atoms with E-state index in [0.717, 1.165) is 12.1 Å². The number of carbonyl (C=O) groups excluding carboxylic acids is 1. The second kappa shape index (κ2) is 4.94. The number of alkyl halides is 6. The van der Waals surface area contributed by atoms with Gasteiger partial charge in [0.15, 0.2) is 0 Å². The van der Waals surface area contributed by atoms with E-state index in [-0.39, 0.29) is 0 Å². The van der Waals surface area contributed by atoms with E-state index in [9.17, 15) is 36.2 Å². The average molecular weight is 283 g/mol. The number of hydrogen-bond acceptors (Lipinski definition) is 2. The zero-order valence-electron chi connectivity index (χ0n) is 8.97. The lowest BCUT2D eigenvalue weighted by molar-refractivity contribution is -0.245. The Morgan fingerprint density at radius 1 is 1.05 bits per heavy atom. The summed E-state index contributed by atoms with van der Waals surface area (Å²) in [6.07, 6.45) is -10.6. The second-order valence-corrected chi connectivity index (χ2v) is 3.41. The first-order chi connectivity index (χ1) is 8.53. The van der Waals surface area contributed by atoms with Crippen molar-refractivity contribution in [2.75, 3.05) is 0 Å². The number of halogens is 6. The summed E-state index contributed by atoms with van der Waals surface area (Å²) in [5.41, 5.74) is -2.40. The van der Waals surface area contributed by atoms with E-state index in [1.807, 2.05) is 0 Å². The van der Waals surface area contributed by atoms with Crippen molar-refractivity contribution in [3.05, 3.63) is 41.5 Å². The summed E-state index contributed by atoms with van der Waals surface area (Å²) >= 11 is 0. The molecule has 0 saturated heterocycles. The predicted octanol–water partition coefficient (Wildman–Crippen LogP) is 2.54. The van der Waals surface area contributed by atoms with Crippen molar-refractivity contribution in [2.45, 2.75) is 12.4 Å². The van der Waals surface area contributed by atoms with Crippen LogP contribution in [-0.2, 0) is 11.0 Å². The lowest BCUT2D eigenvalue weighted by atomic mass is 10.0. The van der Waals surface area contributed by atoms with Gasteiger partial charge in [-0.3, -0.25) is 4.79 Å². The molecule has 8 heteroatoms. The Balaban J connectivity index is 3.25. The molecule has 0 bridgehead atoms. The van der Waals surface area contributed by atoms with Gasteiger partial charge in [0.1, 0.15) is 0 Å². The van der Waals surface area contributed by atoms with Crippen molar-refractivity contribution in [2.24, 2.45) is 0 Å². The highest BCUT2D eigenvalue weighted by Gasteiger charge is 2.37. The summed E-state index contributed by atoms with van der Waals surface area (Å²) in [5, 5.41) is 11.3. The molecule has 0 radical (unpaired) electrons. The first-order valence-electron chi connectivity index (χ1n) is 4.70. The molecule has 0 unspecified atom stereocenters. The van der Waals surface area contributed by atoms with Crippen LogP contribution in [0.15, 0.2) is 30.3 Å². The Hall–Kier alpha value is -1.99. The normalized spacial score (nSPS) is 13.5. The molecule has 0 heterocycles. The molecule has 0 amide bonds. The quantitative estimate of drug-likeness (QED) is 0.475. The Morgan fingerprint density at radius 3 is 2.05 bits per heavy atom. The van der Waals surface area contributed by atoms with Crippen LogP contribution in [0.2, 0.25) is 0 Å². The van der Waals surface area contributed by atoms with E-state index in [4.69, 9.17) is 0 Å². The molecule has 1 aromatic carbocycles. The highest BCUT2D eigenvalue weighted by atomic mass is 19.4. The minimum Gasteiger partial charge on any atom is -0.872 e. The van der Waals surface area contributed by atoms with E-state index in [2.05, 4.69) is 0 Å². The van der Waals surface area contributed by atoms with Crippen LogP contribution in [0.5, 0.6) is 0 Å². The number of carbonyl (C=O) groups is 1. The first-order valence-corrected chi connectivity index (χ1v) is 4.70. The molecule has 1 rings (SSSR count). The molecule has 0 saturated carbocycles. The Morgan fingerprint density at radius 2 is 1.58 bits per heavy atom. The van der Waals surface area contributed by atoms with Crippen LogP contribution in [0.25, 0.3) is 5.76 Å². The van der Waals surface area contributed by atoms with Crippen molar-refractivity contribution in [1.29, 1.82) is 0 Å². The van der Waals surface area contributed by atoms with Crippen LogP contribution in [-0.4, -0.2) is 12.0 Å². The van der Waals surface area contributed by atoms with Crippen molar-refractivity contribution in [1.82, 2.24) is 0 Å². The first kappa shape index (κ1) is 15.1. The fourth-order valence-electron chi connectivity index (χ4n) is 1.22. The van der Waals surface area contributed by atoms with Gasteiger partial charge in [-0.15, -0.1) is 0 Å².